The van der Waals surface area contributed by atoms with Gasteiger partial charge in [0.1, 0.15) is 0 Å². The second-order valence-electron chi connectivity index (χ2n) is 6.57. The second-order valence-corrected chi connectivity index (χ2v) is 6.57. The molecule has 0 aliphatic carbocycles. The molecule has 5 nitrogen and oxygen atoms in total. The van der Waals surface area contributed by atoms with Crippen LogP contribution in [0.5, 0.6) is 0 Å². The van der Waals surface area contributed by atoms with Crippen LogP contribution in [-0.2, 0) is 9.47 Å². The summed E-state index contributed by atoms with van der Waals surface area (Å²) >= 11 is 0. The van der Waals surface area contributed by atoms with E-state index in [1.807, 2.05) is 0 Å². The summed E-state index contributed by atoms with van der Waals surface area (Å²) in [5.41, 5.74) is 0. The van der Waals surface area contributed by atoms with Crippen molar-refractivity contribution in [1.29, 1.82) is 0 Å². The van der Waals surface area contributed by atoms with Crippen LogP contribution in [0.15, 0.2) is 0 Å². The predicted octanol–water partition coefficient (Wildman–Crippen LogP) is 0.817. The van der Waals surface area contributed by atoms with Gasteiger partial charge in [-0.3, -0.25) is 0 Å². The SMILES string of the molecule is CCN(C)CC1CCN(CC(O)COC2CCOCC2)C1. The average Bonchev–Trinajstić information content (AvgIpc) is 2.93. The summed E-state index contributed by atoms with van der Waals surface area (Å²) in [4.78, 5) is 4.75. The van der Waals surface area contributed by atoms with Crippen molar-refractivity contribution in [3.63, 3.8) is 0 Å². The van der Waals surface area contributed by atoms with Gasteiger partial charge in [-0.2, -0.15) is 0 Å². The van der Waals surface area contributed by atoms with Crippen molar-refractivity contribution >= 4 is 0 Å². The van der Waals surface area contributed by atoms with Gasteiger partial charge in [-0.25, -0.2) is 0 Å². The van der Waals surface area contributed by atoms with Crippen LogP contribution < -0.4 is 0 Å². The Morgan fingerprint density at radius 1 is 1.33 bits per heavy atom. The number of aliphatic hydroxyl groups is 1. The van der Waals surface area contributed by atoms with E-state index < -0.39 is 0 Å². The number of likely N-dealkylation sites (tertiary alicyclic amines) is 1. The van der Waals surface area contributed by atoms with Crippen molar-refractivity contribution < 1.29 is 14.6 Å². The standard InChI is InChI=1S/C16H32N2O3/c1-3-17(2)10-14-4-7-18(11-14)12-15(19)13-21-16-5-8-20-9-6-16/h14-16,19H,3-13H2,1-2H3. The Hall–Kier alpha value is -0.200. The van der Waals surface area contributed by atoms with Gasteiger partial charge in [0.2, 0.25) is 0 Å². The fraction of sp³-hybridized carbons (Fsp3) is 1.00. The van der Waals surface area contributed by atoms with E-state index in [0.717, 1.165) is 58.2 Å². The molecule has 124 valence electrons. The summed E-state index contributed by atoms with van der Waals surface area (Å²) in [6.45, 7) is 9.48. The smallest absolute Gasteiger partial charge is 0.0900 e. The lowest BCUT2D eigenvalue weighted by atomic mass is 10.1. The number of hydrogen-bond donors (Lipinski definition) is 1. The van der Waals surface area contributed by atoms with E-state index in [-0.39, 0.29) is 12.2 Å². The molecule has 5 heteroatoms. The number of aliphatic hydroxyl groups excluding tert-OH is 1. The van der Waals surface area contributed by atoms with E-state index in [0.29, 0.717) is 6.61 Å². The van der Waals surface area contributed by atoms with Crippen molar-refractivity contribution in [3.8, 4) is 0 Å². The number of β-amino-alcohol motifs (C(OH)–C–C–N with tert-alkyl or cyclic N) is 1. The van der Waals surface area contributed by atoms with E-state index >= 15 is 0 Å². The van der Waals surface area contributed by atoms with Crippen LogP contribution in [0.1, 0.15) is 26.2 Å². The summed E-state index contributed by atoms with van der Waals surface area (Å²) in [6, 6.07) is 0. The summed E-state index contributed by atoms with van der Waals surface area (Å²) in [5, 5.41) is 10.1. The third kappa shape index (κ3) is 6.20. The molecule has 0 saturated carbocycles. The first-order valence-electron chi connectivity index (χ1n) is 8.45. The Kier molecular flexibility index (Phi) is 7.40. The molecule has 0 aromatic heterocycles. The first-order valence-corrected chi connectivity index (χ1v) is 8.45. The fourth-order valence-corrected chi connectivity index (χ4v) is 3.24. The quantitative estimate of drug-likeness (QED) is 0.719. The first kappa shape index (κ1) is 17.2. The Balaban J connectivity index is 1.58. The van der Waals surface area contributed by atoms with E-state index in [1.54, 1.807) is 0 Å². The third-order valence-corrected chi connectivity index (χ3v) is 4.64. The molecular weight excluding hydrogens is 268 g/mol. The maximum Gasteiger partial charge on any atom is 0.0900 e. The summed E-state index contributed by atoms with van der Waals surface area (Å²) in [7, 11) is 2.18. The minimum atomic E-state index is -0.365. The Morgan fingerprint density at radius 2 is 2.10 bits per heavy atom. The molecule has 2 aliphatic rings. The monoisotopic (exact) mass is 300 g/mol. The molecule has 0 aromatic rings. The van der Waals surface area contributed by atoms with Crippen LogP contribution in [0.2, 0.25) is 0 Å². The largest absolute Gasteiger partial charge is 0.389 e. The molecule has 2 rings (SSSR count). The molecule has 2 fully saturated rings. The van der Waals surface area contributed by atoms with Crippen LogP contribution in [0, 0.1) is 5.92 Å². The topological polar surface area (TPSA) is 45.2 Å². The normalized spacial score (nSPS) is 26.6. The van der Waals surface area contributed by atoms with Crippen molar-refractivity contribution in [3.05, 3.63) is 0 Å². The molecule has 2 aliphatic heterocycles. The van der Waals surface area contributed by atoms with Crippen LogP contribution in [-0.4, -0.2) is 86.7 Å². The number of ether oxygens (including phenoxy) is 2. The first-order chi connectivity index (χ1) is 10.2. The molecule has 21 heavy (non-hydrogen) atoms. The molecule has 1 N–H and O–H groups in total. The molecule has 2 saturated heterocycles. The van der Waals surface area contributed by atoms with Crippen LogP contribution >= 0.6 is 0 Å². The number of hydrogen-bond acceptors (Lipinski definition) is 5. The van der Waals surface area contributed by atoms with Gasteiger partial charge >= 0.3 is 0 Å². The molecule has 2 atom stereocenters. The lowest BCUT2D eigenvalue weighted by Crippen LogP contribution is -2.36. The summed E-state index contributed by atoms with van der Waals surface area (Å²) in [5.74, 6) is 0.749. The van der Waals surface area contributed by atoms with Gasteiger partial charge in [-0.15, -0.1) is 0 Å². The molecule has 0 amide bonds. The van der Waals surface area contributed by atoms with Crippen molar-refractivity contribution in [2.24, 2.45) is 5.92 Å². The molecule has 0 bridgehead atoms. The minimum absolute atomic E-state index is 0.276. The maximum absolute atomic E-state index is 10.1. The van der Waals surface area contributed by atoms with E-state index in [9.17, 15) is 5.11 Å². The van der Waals surface area contributed by atoms with E-state index in [1.165, 1.54) is 13.0 Å². The molecule has 0 radical (unpaired) electrons. The van der Waals surface area contributed by atoms with Gasteiger partial charge in [0.05, 0.1) is 18.8 Å². The van der Waals surface area contributed by atoms with Gasteiger partial charge in [0.25, 0.3) is 0 Å². The van der Waals surface area contributed by atoms with Gasteiger partial charge in [-0.05, 0) is 45.3 Å². The summed E-state index contributed by atoms with van der Waals surface area (Å²) < 4.78 is 11.1. The Morgan fingerprint density at radius 3 is 2.81 bits per heavy atom. The zero-order chi connectivity index (χ0) is 15.1. The summed E-state index contributed by atoms with van der Waals surface area (Å²) in [6.07, 6.45) is 3.08. The van der Waals surface area contributed by atoms with Crippen molar-refractivity contribution in [1.82, 2.24) is 9.80 Å². The van der Waals surface area contributed by atoms with Crippen LogP contribution in [0.3, 0.4) is 0 Å². The predicted molar refractivity (Wildman–Crippen MR) is 83.5 cm³/mol. The molecule has 0 aromatic carbocycles. The Bertz CT molecular complexity index is 285. The zero-order valence-corrected chi connectivity index (χ0v) is 13.7. The highest BCUT2D eigenvalue weighted by molar-refractivity contribution is 4.79. The zero-order valence-electron chi connectivity index (χ0n) is 13.7. The third-order valence-electron chi connectivity index (χ3n) is 4.64. The number of nitrogens with zero attached hydrogens (tertiary/aromatic N) is 2. The highest BCUT2D eigenvalue weighted by Crippen LogP contribution is 2.17. The maximum atomic E-state index is 10.1. The van der Waals surface area contributed by atoms with Crippen LogP contribution in [0.4, 0.5) is 0 Å². The molecule has 2 unspecified atom stereocenters. The van der Waals surface area contributed by atoms with E-state index in [4.69, 9.17) is 9.47 Å². The lowest BCUT2D eigenvalue weighted by molar-refractivity contribution is -0.0633. The highest BCUT2D eigenvalue weighted by Gasteiger charge is 2.25. The van der Waals surface area contributed by atoms with Crippen molar-refractivity contribution in [2.45, 2.75) is 38.4 Å². The van der Waals surface area contributed by atoms with Crippen molar-refractivity contribution in [2.75, 3.05) is 59.6 Å². The minimum Gasteiger partial charge on any atom is -0.389 e. The van der Waals surface area contributed by atoms with E-state index in [2.05, 4.69) is 23.8 Å². The van der Waals surface area contributed by atoms with Gasteiger partial charge < -0.3 is 24.4 Å². The number of rotatable bonds is 8. The van der Waals surface area contributed by atoms with Crippen LogP contribution in [0.25, 0.3) is 0 Å². The highest BCUT2D eigenvalue weighted by atomic mass is 16.5. The second kappa shape index (κ2) is 9.06. The molecule has 2 heterocycles. The molecule has 0 spiro atoms. The molecular formula is C16H32N2O3. The van der Waals surface area contributed by atoms with Gasteiger partial charge in [0.15, 0.2) is 0 Å². The Labute approximate surface area is 129 Å². The fourth-order valence-electron chi connectivity index (χ4n) is 3.24. The lowest BCUT2D eigenvalue weighted by Gasteiger charge is -2.25. The average molecular weight is 300 g/mol. The van der Waals surface area contributed by atoms with Gasteiger partial charge in [0, 0.05) is 32.8 Å². The van der Waals surface area contributed by atoms with Gasteiger partial charge in [-0.1, -0.05) is 6.92 Å².